The Morgan fingerprint density at radius 3 is 2.62 bits per heavy atom. The fourth-order valence-corrected chi connectivity index (χ4v) is 2.01. The maximum atomic E-state index is 9.12. The first-order chi connectivity index (χ1) is 7.90. The van der Waals surface area contributed by atoms with Crippen LogP contribution in [0.3, 0.4) is 0 Å². The van der Waals surface area contributed by atoms with Crippen molar-refractivity contribution in [2.24, 2.45) is 0 Å². The highest BCUT2D eigenvalue weighted by atomic mass is 14.6. The molecule has 16 heavy (non-hydrogen) atoms. The first kappa shape index (κ1) is 8.87. The highest BCUT2D eigenvalue weighted by Crippen LogP contribution is 2.26. The number of fused-ring (bicyclic) bond motifs is 3. The molecule has 0 atom stereocenters. The molecular formula is C14H8N2. The SMILES string of the molecule is N#Cc1cccc2ccc3cccnc3c12. The molecule has 0 fully saturated rings. The van der Waals surface area contributed by atoms with E-state index in [1.165, 1.54) is 0 Å². The summed E-state index contributed by atoms with van der Waals surface area (Å²) in [4.78, 5) is 4.37. The second-order valence-corrected chi connectivity index (χ2v) is 3.66. The Balaban J connectivity index is 2.64. The summed E-state index contributed by atoms with van der Waals surface area (Å²) in [5, 5.41) is 12.2. The highest BCUT2D eigenvalue weighted by molar-refractivity contribution is 6.07. The zero-order valence-corrected chi connectivity index (χ0v) is 8.51. The van der Waals surface area contributed by atoms with Crippen LogP contribution in [-0.4, -0.2) is 4.98 Å². The van der Waals surface area contributed by atoms with E-state index in [-0.39, 0.29) is 0 Å². The minimum Gasteiger partial charge on any atom is -0.256 e. The summed E-state index contributed by atoms with van der Waals surface area (Å²) in [5.74, 6) is 0. The zero-order valence-electron chi connectivity index (χ0n) is 8.51. The molecule has 3 aromatic rings. The molecule has 0 spiro atoms. The molecule has 0 aliphatic rings. The number of nitriles is 1. The topological polar surface area (TPSA) is 36.7 Å². The van der Waals surface area contributed by atoms with Crippen LogP contribution >= 0.6 is 0 Å². The number of hydrogen-bond donors (Lipinski definition) is 0. The molecule has 0 unspecified atom stereocenters. The Labute approximate surface area is 92.8 Å². The van der Waals surface area contributed by atoms with Gasteiger partial charge in [0.1, 0.15) is 0 Å². The second kappa shape index (κ2) is 3.32. The van der Waals surface area contributed by atoms with Crippen molar-refractivity contribution in [2.75, 3.05) is 0 Å². The van der Waals surface area contributed by atoms with Crippen LogP contribution in [0.5, 0.6) is 0 Å². The molecule has 1 aromatic heterocycles. The van der Waals surface area contributed by atoms with Gasteiger partial charge < -0.3 is 0 Å². The van der Waals surface area contributed by atoms with E-state index in [0.29, 0.717) is 5.56 Å². The van der Waals surface area contributed by atoms with Crippen LogP contribution in [0.4, 0.5) is 0 Å². The summed E-state index contributed by atoms with van der Waals surface area (Å²) in [6.07, 6.45) is 1.76. The summed E-state index contributed by atoms with van der Waals surface area (Å²) in [7, 11) is 0. The molecule has 74 valence electrons. The average molecular weight is 204 g/mol. The van der Waals surface area contributed by atoms with Crippen LogP contribution in [0.15, 0.2) is 48.7 Å². The van der Waals surface area contributed by atoms with Crippen molar-refractivity contribution in [2.45, 2.75) is 0 Å². The van der Waals surface area contributed by atoms with Gasteiger partial charge >= 0.3 is 0 Å². The molecule has 0 amide bonds. The van der Waals surface area contributed by atoms with Gasteiger partial charge in [-0.2, -0.15) is 5.26 Å². The summed E-state index contributed by atoms with van der Waals surface area (Å²) in [6.45, 7) is 0. The van der Waals surface area contributed by atoms with E-state index in [2.05, 4.69) is 11.1 Å². The Hall–Kier alpha value is -2.40. The summed E-state index contributed by atoms with van der Waals surface area (Å²) in [6, 6.07) is 15.9. The monoisotopic (exact) mass is 204 g/mol. The molecule has 1 heterocycles. The number of hydrogen-bond acceptors (Lipinski definition) is 2. The number of benzene rings is 2. The van der Waals surface area contributed by atoms with Crippen LogP contribution in [0.25, 0.3) is 21.7 Å². The van der Waals surface area contributed by atoms with Gasteiger partial charge in [-0.25, -0.2) is 0 Å². The highest BCUT2D eigenvalue weighted by Gasteiger charge is 2.05. The number of nitrogens with zero attached hydrogens (tertiary/aromatic N) is 2. The fraction of sp³-hybridized carbons (Fsp3) is 0. The number of rotatable bonds is 0. The molecule has 0 bridgehead atoms. The first-order valence-corrected chi connectivity index (χ1v) is 5.07. The van der Waals surface area contributed by atoms with Crippen LogP contribution < -0.4 is 0 Å². The lowest BCUT2D eigenvalue weighted by Gasteiger charge is -2.03. The van der Waals surface area contributed by atoms with Gasteiger partial charge in [-0.1, -0.05) is 30.3 Å². The predicted octanol–water partition coefficient (Wildman–Crippen LogP) is 3.26. The smallest absolute Gasteiger partial charge is 0.0998 e. The van der Waals surface area contributed by atoms with Crippen molar-refractivity contribution in [3.63, 3.8) is 0 Å². The summed E-state index contributed by atoms with van der Waals surface area (Å²) < 4.78 is 0. The molecule has 0 radical (unpaired) electrons. The van der Waals surface area contributed by atoms with E-state index < -0.39 is 0 Å². The Kier molecular flexibility index (Phi) is 1.84. The molecule has 0 aliphatic heterocycles. The second-order valence-electron chi connectivity index (χ2n) is 3.66. The zero-order chi connectivity index (χ0) is 11.0. The van der Waals surface area contributed by atoms with E-state index in [4.69, 9.17) is 5.26 Å². The summed E-state index contributed by atoms with van der Waals surface area (Å²) in [5.41, 5.74) is 1.58. The van der Waals surface area contributed by atoms with Gasteiger partial charge in [0.25, 0.3) is 0 Å². The first-order valence-electron chi connectivity index (χ1n) is 5.07. The van der Waals surface area contributed by atoms with Gasteiger partial charge in [0, 0.05) is 17.0 Å². The maximum absolute atomic E-state index is 9.12. The maximum Gasteiger partial charge on any atom is 0.0998 e. The third-order valence-electron chi connectivity index (χ3n) is 2.74. The molecular weight excluding hydrogens is 196 g/mol. The van der Waals surface area contributed by atoms with Gasteiger partial charge in [-0.15, -0.1) is 0 Å². The van der Waals surface area contributed by atoms with Gasteiger partial charge in [0.15, 0.2) is 0 Å². The van der Waals surface area contributed by atoms with Crippen LogP contribution in [0, 0.1) is 11.3 Å². The lowest BCUT2D eigenvalue weighted by atomic mass is 10.0. The van der Waals surface area contributed by atoms with Gasteiger partial charge in [-0.05, 0) is 17.5 Å². The van der Waals surface area contributed by atoms with Gasteiger partial charge in [0.05, 0.1) is 17.1 Å². The van der Waals surface area contributed by atoms with Crippen LogP contribution in [0.1, 0.15) is 5.56 Å². The van der Waals surface area contributed by atoms with E-state index in [0.717, 1.165) is 21.7 Å². The van der Waals surface area contributed by atoms with Crippen LogP contribution in [-0.2, 0) is 0 Å². The largest absolute Gasteiger partial charge is 0.256 e. The molecule has 2 nitrogen and oxygen atoms in total. The fourth-order valence-electron chi connectivity index (χ4n) is 2.01. The van der Waals surface area contributed by atoms with Crippen molar-refractivity contribution >= 4 is 21.7 Å². The van der Waals surface area contributed by atoms with Crippen molar-refractivity contribution in [3.05, 3.63) is 54.2 Å². The molecule has 0 saturated heterocycles. The van der Waals surface area contributed by atoms with Crippen molar-refractivity contribution in [1.29, 1.82) is 5.26 Å². The third kappa shape index (κ3) is 1.15. The van der Waals surface area contributed by atoms with E-state index in [1.807, 2.05) is 42.5 Å². The number of aromatic nitrogens is 1. The minimum absolute atomic E-state index is 0.682. The lowest BCUT2D eigenvalue weighted by Crippen LogP contribution is -1.84. The predicted molar refractivity (Wildman–Crippen MR) is 64.0 cm³/mol. The van der Waals surface area contributed by atoms with Crippen LogP contribution in [0.2, 0.25) is 0 Å². The Morgan fingerprint density at radius 1 is 0.938 bits per heavy atom. The summed E-state index contributed by atoms with van der Waals surface area (Å²) >= 11 is 0. The number of pyridine rings is 1. The van der Waals surface area contributed by atoms with E-state index >= 15 is 0 Å². The molecule has 0 N–H and O–H groups in total. The lowest BCUT2D eigenvalue weighted by molar-refractivity contribution is 1.42. The molecule has 2 aromatic carbocycles. The standard InChI is InChI=1S/C14H8N2/c15-9-12-4-1-3-10-6-7-11-5-2-8-16-14(11)13(10)12/h1-8H. The van der Waals surface area contributed by atoms with E-state index in [9.17, 15) is 0 Å². The van der Waals surface area contributed by atoms with Crippen molar-refractivity contribution < 1.29 is 0 Å². The Morgan fingerprint density at radius 2 is 1.75 bits per heavy atom. The molecule has 0 aliphatic carbocycles. The average Bonchev–Trinajstić information content (AvgIpc) is 2.37. The normalized spacial score (nSPS) is 10.4. The minimum atomic E-state index is 0.682. The van der Waals surface area contributed by atoms with Gasteiger partial charge in [0.2, 0.25) is 0 Å². The molecule has 0 saturated carbocycles. The quantitative estimate of drug-likeness (QED) is 0.527. The van der Waals surface area contributed by atoms with E-state index in [1.54, 1.807) is 6.20 Å². The van der Waals surface area contributed by atoms with Crippen molar-refractivity contribution in [1.82, 2.24) is 4.98 Å². The van der Waals surface area contributed by atoms with Gasteiger partial charge in [-0.3, -0.25) is 4.98 Å². The Bertz CT molecular complexity index is 723. The van der Waals surface area contributed by atoms with Crippen molar-refractivity contribution in [3.8, 4) is 6.07 Å². The molecule has 3 rings (SSSR count). The third-order valence-corrected chi connectivity index (χ3v) is 2.74. The molecule has 2 heteroatoms.